The van der Waals surface area contributed by atoms with Gasteiger partial charge in [-0.1, -0.05) is 11.6 Å². The van der Waals surface area contributed by atoms with Crippen LogP contribution in [0.25, 0.3) is 0 Å². The van der Waals surface area contributed by atoms with Crippen LogP contribution in [0.3, 0.4) is 0 Å². The number of halogens is 1. The number of carboxylic acid groups (broad SMARTS) is 1. The van der Waals surface area contributed by atoms with Gasteiger partial charge in [0.2, 0.25) is 0 Å². The van der Waals surface area contributed by atoms with Crippen LogP contribution < -0.4 is 0 Å². The molecule has 1 aliphatic heterocycles. The Kier molecular flexibility index (Phi) is 3.95. The SMILES string of the molecule is O=C(O)C1CCCN(C(=O)c2ccc(Cl)cc2O)C1. The van der Waals surface area contributed by atoms with E-state index in [0.29, 0.717) is 24.4 Å². The minimum absolute atomic E-state index is 0.149. The van der Waals surface area contributed by atoms with E-state index in [1.54, 1.807) is 0 Å². The first-order chi connectivity index (χ1) is 8.99. The summed E-state index contributed by atoms with van der Waals surface area (Å²) in [6, 6.07) is 4.27. The number of benzene rings is 1. The molecule has 1 saturated heterocycles. The second-order valence-electron chi connectivity index (χ2n) is 4.59. The van der Waals surface area contributed by atoms with E-state index in [0.717, 1.165) is 0 Å². The fourth-order valence-corrected chi connectivity index (χ4v) is 2.39. The number of aliphatic carboxylic acids is 1. The Morgan fingerprint density at radius 1 is 1.37 bits per heavy atom. The average molecular weight is 284 g/mol. The van der Waals surface area contributed by atoms with Crippen LogP contribution in [0.1, 0.15) is 23.2 Å². The summed E-state index contributed by atoms with van der Waals surface area (Å²) >= 11 is 5.71. The number of hydrogen-bond acceptors (Lipinski definition) is 3. The summed E-state index contributed by atoms with van der Waals surface area (Å²) < 4.78 is 0. The van der Waals surface area contributed by atoms with Crippen LogP contribution in [-0.2, 0) is 4.79 Å². The summed E-state index contributed by atoms with van der Waals surface area (Å²) in [4.78, 5) is 24.7. The maximum Gasteiger partial charge on any atom is 0.308 e. The highest BCUT2D eigenvalue weighted by atomic mass is 35.5. The molecule has 5 nitrogen and oxygen atoms in total. The van der Waals surface area contributed by atoms with E-state index in [-0.39, 0.29) is 23.8 Å². The number of aromatic hydroxyl groups is 1. The lowest BCUT2D eigenvalue weighted by molar-refractivity contribution is -0.143. The van der Waals surface area contributed by atoms with Crippen molar-refractivity contribution in [3.63, 3.8) is 0 Å². The zero-order valence-electron chi connectivity index (χ0n) is 10.2. The second-order valence-corrected chi connectivity index (χ2v) is 5.03. The maximum atomic E-state index is 12.2. The Morgan fingerprint density at radius 2 is 2.11 bits per heavy atom. The minimum Gasteiger partial charge on any atom is -0.507 e. The van der Waals surface area contributed by atoms with E-state index in [1.807, 2.05) is 0 Å². The summed E-state index contributed by atoms with van der Waals surface area (Å²) in [6.07, 6.45) is 1.22. The molecule has 1 aliphatic rings. The van der Waals surface area contributed by atoms with Crippen molar-refractivity contribution in [3.8, 4) is 5.75 Å². The number of carbonyl (C=O) groups excluding carboxylic acids is 1. The second kappa shape index (κ2) is 5.48. The standard InChI is InChI=1S/C13H14ClNO4/c14-9-3-4-10(11(16)6-9)12(17)15-5-1-2-8(7-15)13(18)19/h3-4,6,8,16H,1-2,5,7H2,(H,18,19). The Labute approximate surface area is 115 Å². The molecule has 102 valence electrons. The van der Waals surface area contributed by atoms with Crippen molar-refractivity contribution >= 4 is 23.5 Å². The maximum absolute atomic E-state index is 12.2. The van der Waals surface area contributed by atoms with Crippen molar-refractivity contribution in [1.29, 1.82) is 0 Å². The first-order valence-corrected chi connectivity index (χ1v) is 6.37. The van der Waals surface area contributed by atoms with E-state index in [9.17, 15) is 14.7 Å². The quantitative estimate of drug-likeness (QED) is 0.870. The van der Waals surface area contributed by atoms with Gasteiger partial charge >= 0.3 is 5.97 Å². The molecule has 0 aromatic heterocycles. The Hall–Kier alpha value is -1.75. The topological polar surface area (TPSA) is 77.8 Å². The zero-order chi connectivity index (χ0) is 14.0. The fraction of sp³-hybridized carbons (Fsp3) is 0.385. The van der Waals surface area contributed by atoms with Gasteiger partial charge in [-0.2, -0.15) is 0 Å². The number of likely N-dealkylation sites (tertiary alicyclic amines) is 1. The van der Waals surface area contributed by atoms with E-state index in [2.05, 4.69) is 0 Å². The van der Waals surface area contributed by atoms with Crippen molar-refractivity contribution in [2.45, 2.75) is 12.8 Å². The number of carbonyl (C=O) groups is 2. The lowest BCUT2D eigenvalue weighted by Gasteiger charge is -2.30. The number of hydrogen-bond donors (Lipinski definition) is 2. The molecule has 0 radical (unpaired) electrons. The third-order valence-electron chi connectivity index (χ3n) is 3.25. The third kappa shape index (κ3) is 2.98. The highest BCUT2D eigenvalue weighted by Gasteiger charge is 2.29. The highest BCUT2D eigenvalue weighted by Crippen LogP contribution is 2.25. The van der Waals surface area contributed by atoms with Crippen molar-refractivity contribution < 1.29 is 19.8 Å². The van der Waals surface area contributed by atoms with Gasteiger partial charge in [0.1, 0.15) is 5.75 Å². The van der Waals surface area contributed by atoms with Crippen LogP contribution in [0, 0.1) is 5.92 Å². The molecule has 0 aliphatic carbocycles. The lowest BCUT2D eigenvalue weighted by Crippen LogP contribution is -2.42. The molecule has 1 aromatic rings. The Balaban J connectivity index is 2.17. The monoisotopic (exact) mass is 283 g/mol. The molecule has 19 heavy (non-hydrogen) atoms. The molecule has 1 heterocycles. The molecule has 0 saturated carbocycles. The summed E-state index contributed by atoms with van der Waals surface area (Å²) in [7, 11) is 0. The van der Waals surface area contributed by atoms with Crippen LogP contribution in [0.2, 0.25) is 5.02 Å². The van der Waals surface area contributed by atoms with E-state index < -0.39 is 11.9 Å². The van der Waals surface area contributed by atoms with Gasteiger partial charge in [-0.25, -0.2) is 0 Å². The fourth-order valence-electron chi connectivity index (χ4n) is 2.22. The van der Waals surface area contributed by atoms with Gasteiger partial charge in [-0.05, 0) is 31.0 Å². The molecular weight excluding hydrogens is 270 g/mol. The summed E-state index contributed by atoms with van der Waals surface area (Å²) in [5.41, 5.74) is 0.149. The number of carboxylic acids is 1. The van der Waals surface area contributed by atoms with E-state index in [1.165, 1.54) is 23.1 Å². The molecule has 1 unspecified atom stereocenters. The van der Waals surface area contributed by atoms with E-state index >= 15 is 0 Å². The minimum atomic E-state index is -0.891. The number of nitrogens with zero attached hydrogens (tertiary/aromatic N) is 1. The molecular formula is C13H14ClNO4. The Morgan fingerprint density at radius 3 is 2.74 bits per heavy atom. The van der Waals surface area contributed by atoms with Gasteiger partial charge in [0.25, 0.3) is 5.91 Å². The molecule has 2 N–H and O–H groups in total. The van der Waals surface area contributed by atoms with Gasteiger partial charge in [0.15, 0.2) is 0 Å². The van der Waals surface area contributed by atoms with Crippen molar-refractivity contribution in [2.75, 3.05) is 13.1 Å². The molecule has 0 bridgehead atoms. The largest absolute Gasteiger partial charge is 0.507 e. The number of rotatable bonds is 2. The number of phenols is 1. The average Bonchev–Trinajstić information content (AvgIpc) is 2.38. The first-order valence-electron chi connectivity index (χ1n) is 5.99. The third-order valence-corrected chi connectivity index (χ3v) is 3.48. The van der Waals surface area contributed by atoms with Crippen LogP contribution in [0.5, 0.6) is 5.75 Å². The lowest BCUT2D eigenvalue weighted by atomic mass is 9.97. The van der Waals surface area contributed by atoms with Crippen molar-refractivity contribution in [3.05, 3.63) is 28.8 Å². The molecule has 1 atom stereocenters. The predicted octanol–water partition coefficient (Wildman–Crippen LogP) is 1.98. The predicted molar refractivity (Wildman–Crippen MR) is 69.4 cm³/mol. The summed E-state index contributed by atoms with van der Waals surface area (Å²) in [5, 5.41) is 19.1. The molecule has 2 rings (SSSR count). The Bertz CT molecular complexity index is 517. The summed E-state index contributed by atoms with van der Waals surface area (Å²) in [6.45, 7) is 0.681. The number of piperidine rings is 1. The van der Waals surface area contributed by atoms with Crippen molar-refractivity contribution in [1.82, 2.24) is 4.90 Å². The number of amides is 1. The molecule has 6 heteroatoms. The van der Waals surface area contributed by atoms with Crippen LogP contribution in [0.15, 0.2) is 18.2 Å². The van der Waals surface area contributed by atoms with Gasteiger partial charge in [0.05, 0.1) is 11.5 Å². The van der Waals surface area contributed by atoms with Crippen LogP contribution >= 0.6 is 11.6 Å². The highest BCUT2D eigenvalue weighted by molar-refractivity contribution is 6.30. The molecule has 0 spiro atoms. The van der Waals surface area contributed by atoms with Gasteiger partial charge < -0.3 is 15.1 Å². The van der Waals surface area contributed by atoms with E-state index in [4.69, 9.17) is 16.7 Å². The number of phenolic OH excluding ortho intramolecular Hbond substituents is 1. The van der Waals surface area contributed by atoms with Gasteiger partial charge in [0, 0.05) is 18.1 Å². The molecule has 1 aromatic carbocycles. The molecule has 1 fully saturated rings. The molecule has 1 amide bonds. The zero-order valence-corrected chi connectivity index (χ0v) is 10.9. The smallest absolute Gasteiger partial charge is 0.308 e. The van der Waals surface area contributed by atoms with Crippen molar-refractivity contribution in [2.24, 2.45) is 5.92 Å². The summed E-state index contributed by atoms with van der Waals surface area (Å²) in [5.74, 6) is -1.97. The van der Waals surface area contributed by atoms with Crippen LogP contribution in [-0.4, -0.2) is 40.1 Å². The first kappa shape index (κ1) is 13.7. The van der Waals surface area contributed by atoms with Gasteiger partial charge in [-0.15, -0.1) is 0 Å². The normalized spacial score (nSPS) is 19.2. The van der Waals surface area contributed by atoms with Gasteiger partial charge in [-0.3, -0.25) is 9.59 Å². The van der Waals surface area contributed by atoms with Crippen LogP contribution in [0.4, 0.5) is 0 Å².